The average molecular weight is 403 g/mol. The van der Waals surface area contributed by atoms with Crippen LogP contribution in [0.2, 0.25) is 0 Å². The third-order valence-electron chi connectivity index (χ3n) is 5.97. The Morgan fingerprint density at radius 3 is 2.87 bits per heavy atom. The molecule has 1 aromatic heterocycles. The number of nitrogens with zero attached hydrogens (tertiary/aromatic N) is 5. The van der Waals surface area contributed by atoms with Crippen LogP contribution in [0.15, 0.2) is 59.3 Å². The Balaban J connectivity index is 1.49. The fourth-order valence-corrected chi connectivity index (χ4v) is 4.28. The van der Waals surface area contributed by atoms with Gasteiger partial charge >= 0.3 is 0 Å². The van der Waals surface area contributed by atoms with Crippen molar-refractivity contribution in [2.45, 2.75) is 13.3 Å². The molecule has 1 amide bonds. The maximum atomic E-state index is 13.3. The highest BCUT2D eigenvalue weighted by molar-refractivity contribution is 6.01. The number of nitrogens with one attached hydrogen (secondary N) is 1. The standard InChI is InChI=1S/C23H26N6O/c1-16-3-5-19-13-25-22(28-9-7-24-8-10-28)15-29(19)23(30)12-20(16)17-4-6-21-18(11-17)14-27(2)26-21/h4-6,11-16,24H,3,7-10H2,1-2H3. The van der Waals surface area contributed by atoms with Crippen LogP contribution in [0.1, 0.15) is 18.9 Å². The predicted octanol–water partition coefficient (Wildman–Crippen LogP) is 2.50. The van der Waals surface area contributed by atoms with E-state index < -0.39 is 0 Å². The molecule has 1 unspecified atom stereocenters. The first kappa shape index (κ1) is 18.8. The third-order valence-corrected chi connectivity index (χ3v) is 5.97. The number of carbonyl (C=O) groups excluding carboxylic acids is 1. The number of benzene rings is 1. The van der Waals surface area contributed by atoms with E-state index in [4.69, 9.17) is 0 Å². The molecule has 30 heavy (non-hydrogen) atoms. The summed E-state index contributed by atoms with van der Waals surface area (Å²) in [5.74, 6) is 1.04. The lowest BCUT2D eigenvalue weighted by Gasteiger charge is -2.33. The molecule has 3 aliphatic rings. The molecule has 0 bridgehead atoms. The van der Waals surface area contributed by atoms with Crippen LogP contribution in [-0.4, -0.2) is 57.9 Å². The lowest BCUT2D eigenvalue weighted by atomic mass is 9.89. The van der Waals surface area contributed by atoms with Gasteiger partial charge in [-0.3, -0.25) is 14.4 Å². The molecule has 1 aromatic carbocycles. The minimum atomic E-state index is -0.0344. The van der Waals surface area contributed by atoms with Gasteiger partial charge in [0, 0.05) is 50.9 Å². The van der Waals surface area contributed by atoms with Crippen LogP contribution in [-0.2, 0) is 11.8 Å². The van der Waals surface area contributed by atoms with Crippen LogP contribution in [0.25, 0.3) is 16.5 Å². The predicted molar refractivity (Wildman–Crippen MR) is 118 cm³/mol. The Kier molecular flexibility index (Phi) is 4.75. The molecule has 0 aliphatic carbocycles. The average Bonchev–Trinajstić information content (AvgIpc) is 3.14. The number of piperazine rings is 1. The molecule has 0 saturated carbocycles. The van der Waals surface area contributed by atoms with Gasteiger partial charge in [-0.15, -0.1) is 0 Å². The van der Waals surface area contributed by atoms with Gasteiger partial charge in [-0.2, -0.15) is 5.10 Å². The van der Waals surface area contributed by atoms with E-state index in [-0.39, 0.29) is 11.8 Å². The van der Waals surface area contributed by atoms with Crippen molar-refractivity contribution >= 4 is 28.6 Å². The molecule has 4 heterocycles. The van der Waals surface area contributed by atoms with Crippen molar-refractivity contribution in [1.29, 1.82) is 0 Å². The molecule has 5 rings (SSSR count). The minimum absolute atomic E-state index is 0.0344. The number of allylic oxidation sites excluding steroid dienone is 3. The van der Waals surface area contributed by atoms with Crippen LogP contribution in [0.4, 0.5) is 0 Å². The second-order valence-corrected chi connectivity index (χ2v) is 8.13. The van der Waals surface area contributed by atoms with Crippen molar-refractivity contribution in [2.75, 3.05) is 26.2 Å². The molecule has 7 nitrogen and oxygen atoms in total. The van der Waals surface area contributed by atoms with Gasteiger partial charge in [0.2, 0.25) is 0 Å². The number of amides is 1. The van der Waals surface area contributed by atoms with Gasteiger partial charge in [0.25, 0.3) is 5.91 Å². The van der Waals surface area contributed by atoms with E-state index in [1.165, 1.54) is 0 Å². The molecule has 0 spiro atoms. The van der Waals surface area contributed by atoms with Gasteiger partial charge in [0.05, 0.1) is 23.6 Å². The lowest BCUT2D eigenvalue weighted by molar-refractivity contribution is -0.122. The van der Waals surface area contributed by atoms with Crippen molar-refractivity contribution in [2.24, 2.45) is 18.0 Å². The monoisotopic (exact) mass is 402 g/mol. The van der Waals surface area contributed by atoms with E-state index in [1.54, 1.807) is 11.0 Å². The van der Waals surface area contributed by atoms with Gasteiger partial charge in [0.1, 0.15) is 5.82 Å². The fraction of sp³-hybridized carbons (Fsp3) is 0.348. The molecule has 3 aliphatic heterocycles. The van der Waals surface area contributed by atoms with Crippen LogP contribution in [0, 0.1) is 5.92 Å². The number of hydrogen-bond acceptors (Lipinski definition) is 5. The smallest absolute Gasteiger partial charge is 0.255 e. The third kappa shape index (κ3) is 3.45. The molecule has 1 atom stereocenters. The first-order valence-corrected chi connectivity index (χ1v) is 10.5. The SMILES string of the molecule is CC1CC=C2C=NC(N3CCNCC3)=CN2C(=O)C=C1c1ccc2nn(C)cc2c1. The summed E-state index contributed by atoms with van der Waals surface area (Å²) < 4.78 is 1.82. The van der Waals surface area contributed by atoms with E-state index >= 15 is 0 Å². The van der Waals surface area contributed by atoms with Crippen molar-refractivity contribution in [3.8, 4) is 0 Å². The van der Waals surface area contributed by atoms with E-state index in [0.29, 0.717) is 0 Å². The van der Waals surface area contributed by atoms with E-state index in [2.05, 4.69) is 45.4 Å². The van der Waals surface area contributed by atoms with E-state index in [0.717, 1.165) is 66.2 Å². The summed E-state index contributed by atoms with van der Waals surface area (Å²) in [6.07, 6.45) is 10.5. The second-order valence-electron chi connectivity index (χ2n) is 8.13. The zero-order valence-corrected chi connectivity index (χ0v) is 17.4. The maximum Gasteiger partial charge on any atom is 0.255 e. The molecule has 1 fully saturated rings. The molecule has 2 aromatic rings. The number of aliphatic imine (C=N–C) groups is 1. The highest BCUT2D eigenvalue weighted by Crippen LogP contribution is 2.32. The Bertz CT molecular complexity index is 1120. The highest BCUT2D eigenvalue weighted by atomic mass is 16.2. The van der Waals surface area contributed by atoms with Crippen LogP contribution in [0.3, 0.4) is 0 Å². The Hall–Kier alpha value is -3.19. The number of hydrogen-bond donors (Lipinski definition) is 1. The molecule has 1 saturated heterocycles. The zero-order chi connectivity index (χ0) is 20.7. The van der Waals surface area contributed by atoms with Gasteiger partial charge < -0.3 is 10.2 Å². The Labute approximate surface area is 176 Å². The fourth-order valence-electron chi connectivity index (χ4n) is 4.28. The zero-order valence-electron chi connectivity index (χ0n) is 17.4. The first-order chi connectivity index (χ1) is 14.6. The van der Waals surface area contributed by atoms with Gasteiger partial charge in [0.15, 0.2) is 0 Å². The summed E-state index contributed by atoms with van der Waals surface area (Å²) >= 11 is 0. The quantitative estimate of drug-likeness (QED) is 0.838. The molecular formula is C23H26N6O. The topological polar surface area (TPSA) is 65.8 Å². The summed E-state index contributed by atoms with van der Waals surface area (Å²) in [6.45, 7) is 5.83. The number of aromatic nitrogens is 2. The number of rotatable bonds is 2. The molecular weight excluding hydrogens is 376 g/mol. The van der Waals surface area contributed by atoms with Crippen molar-refractivity contribution < 1.29 is 4.79 Å². The van der Waals surface area contributed by atoms with E-state index in [9.17, 15) is 4.79 Å². The molecule has 0 radical (unpaired) electrons. The van der Waals surface area contributed by atoms with Crippen LogP contribution < -0.4 is 5.32 Å². The Morgan fingerprint density at radius 1 is 1.20 bits per heavy atom. The summed E-state index contributed by atoms with van der Waals surface area (Å²) in [7, 11) is 1.92. The largest absolute Gasteiger partial charge is 0.353 e. The summed E-state index contributed by atoms with van der Waals surface area (Å²) in [4.78, 5) is 21.9. The van der Waals surface area contributed by atoms with Crippen LogP contribution in [0.5, 0.6) is 0 Å². The number of aryl methyl sites for hydroxylation is 1. The second kappa shape index (κ2) is 7.57. The lowest BCUT2D eigenvalue weighted by Crippen LogP contribution is -2.43. The number of fused-ring (bicyclic) bond motifs is 2. The number of carbonyl (C=O) groups is 1. The molecule has 7 heteroatoms. The van der Waals surface area contributed by atoms with E-state index in [1.807, 2.05) is 36.4 Å². The normalized spacial score (nSPS) is 22.3. The summed E-state index contributed by atoms with van der Waals surface area (Å²) in [6, 6.07) is 6.22. The maximum absolute atomic E-state index is 13.3. The summed E-state index contributed by atoms with van der Waals surface area (Å²) in [5.41, 5.74) is 3.94. The minimum Gasteiger partial charge on any atom is -0.353 e. The summed E-state index contributed by atoms with van der Waals surface area (Å²) in [5, 5.41) is 8.89. The van der Waals surface area contributed by atoms with Crippen molar-refractivity contribution in [3.05, 3.63) is 59.8 Å². The van der Waals surface area contributed by atoms with Crippen molar-refractivity contribution in [1.82, 2.24) is 24.9 Å². The first-order valence-electron chi connectivity index (χ1n) is 10.5. The van der Waals surface area contributed by atoms with Gasteiger partial charge in [-0.1, -0.05) is 19.1 Å². The Morgan fingerprint density at radius 2 is 2.03 bits per heavy atom. The van der Waals surface area contributed by atoms with Crippen molar-refractivity contribution in [3.63, 3.8) is 0 Å². The molecule has 1 N–H and O–H groups in total. The highest BCUT2D eigenvalue weighted by Gasteiger charge is 2.25. The van der Waals surface area contributed by atoms with Gasteiger partial charge in [-0.25, -0.2) is 4.99 Å². The van der Waals surface area contributed by atoms with Gasteiger partial charge in [-0.05, 0) is 35.6 Å². The van der Waals surface area contributed by atoms with Crippen LogP contribution >= 0.6 is 0 Å². The molecule has 154 valence electrons.